The van der Waals surface area contributed by atoms with Crippen molar-refractivity contribution in [2.75, 3.05) is 0 Å². The molecule has 0 radical (unpaired) electrons. The lowest BCUT2D eigenvalue weighted by Gasteiger charge is -2.12. The van der Waals surface area contributed by atoms with Gasteiger partial charge in [-0.3, -0.25) is 9.89 Å². The second-order valence-electron chi connectivity index (χ2n) is 3.76. The molecule has 1 amide bonds. The Hall–Kier alpha value is -2.17. The number of carbonyl (C=O) groups excluding carboxylic acids is 1. The monoisotopic (exact) mass is 214 g/mol. The average Bonchev–Trinajstić information content (AvgIpc) is 2.97. The Labute approximate surface area is 92.1 Å². The molecule has 1 aromatic heterocycles. The molecule has 0 aliphatic carbocycles. The fourth-order valence-corrected chi connectivity index (χ4v) is 1.94. The van der Waals surface area contributed by atoms with Crippen LogP contribution in [0.5, 0.6) is 0 Å². The van der Waals surface area contributed by atoms with Crippen molar-refractivity contribution in [3.05, 3.63) is 47.5 Å². The Balaban J connectivity index is 1.84. The normalized spacial score (nSPS) is 13.9. The average molecular weight is 214 g/mol. The zero-order valence-electron chi connectivity index (χ0n) is 8.55. The van der Waals surface area contributed by atoms with E-state index in [-0.39, 0.29) is 5.91 Å². The molecule has 2 heterocycles. The van der Waals surface area contributed by atoms with Crippen LogP contribution >= 0.6 is 0 Å². The van der Waals surface area contributed by atoms with Crippen LogP contribution in [0.25, 0.3) is 0 Å². The van der Waals surface area contributed by atoms with Gasteiger partial charge in [-0.15, -0.1) is 0 Å². The number of hydrogen-bond acceptors (Lipinski definition) is 3. The van der Waals surface area contributed by atoms with Gasteiger partial charge in [-0.25, -0.2) is 4.98 Å². The van der Waals surface area contributed by atoms with Crippen LogP contribution in [0.4, 0.5) is 0 Å². The molecule has 0 unspecified atom stereocenters. The molecule has 5 heteroatoms. The Morgan fingerprint density at radius 2 is 1.94 bits per heavy atom. The van der Waals surface area contributed by atoms with Crippen molar-refractivity contribution in [3.63, 3.8) is 0 Å². The highest BCUT2D eigenvalue weighted by molar-refractivity contribution is 5.90. The highest BCUT2D eigenvalue weighted by atomic mass is 16.2. The molecule has 3 rings (SSSR count). The fraction of sp³-hybridized carbons (Fsp3) is 0.182. The molecule has 0 atom stereocenters. The third-order valence-electron chi connectivity index (χ3n) is 2.75. The number of nitrogens with zero attached hydrogens (tertiary/aromatic N) is 3. The van der Waals surface area contributed by atoms with E-state index in [0.717, 1.165) is 0 Å². The topological polar surface area (TPSA) is 61.9 Å². The second kappa shape index (κ2) is 3.44. The lowest BCUT2D eigenvalue weighted by molar-refractivity contribution is 0.0739. The first-order valence-electron chi connectivity index (χ1n) is 5.06. The predicted octanol–water partition coefficient (Wildman–Crippen LogP) is 0.961. The number of hydrogen-bond donors (Lipinski definition) is 1. The molecule has 0 spiro atoms. The molecule has 1 aromatic carbocycles. The van der Waals surface area contributed by atoms with E-state index in [1.165, 1.54) is 17.5 Å². The summed E-state index contributed by atoms with van der Waals surface area (Å²) >= 11 is 0. The minimum Gasteiger partial charge on any atom is -0.327 e. The van der Waals surface area contributed by atoms with Crippen LogP contribution in [0.15, 0.2) is 30.6 Å². The van der Waals surface area contributed by atoms with E-state index in [0.29, 0.717) is 18.9 Å². The number of amides is 1. The quantitative estimate of drug-likeness (QED) is 0.769. The predicted molar refractivity (Wildman–Crippen MR) is 56.4 cm³/mol. The van der Waals surface area contributed by atoms with Crippen molar-refractivity contribution in [3.8, 4) is 0 Å². The van der Waals surface area contributed by atoms with Gasteiger partial charge in [-0.05, 0) is 11.1 Å². The molecule has 0 bridgehead atoms. The van der Waals surface area contributed by atoms with E-state index in [9.17, 15) is 4.79 Å². The van der Waals surface area contributed by atoms with Crippen molar-refractivity contribution in [2.24, 2.45) is 0 Å². The number of fused-ring (bicyclic) bond motifs is 1. The molecule has 0 saturated carbocycles. The third-order valence-corrected chi connectivity index (χ3v) is 2.75. The second-order valence-corrected chi connectivity index (χ2v) is 3.76. The number of aromatic amines is 1. The molecule has 0 fully saturated rings. The maximum absolute atomic E-state index is 12.0. The van der Waals surface area contributed by atoms with Crippen LogP contribution in [-0.2, 0) is 13.1 Å². The third kappa shape index (κ3) is 1.37. The molecule has 1 aliphatic rings. The summed E-state index contributed by atoms with van der Waals surface area (Å²) in [6.45, 7) is 1.30. The molecule has 5 nitrogen and oxygen atoms in total. The van der Waals surface area contributed by atoms with Gasteiger partial charge < -0.3 is 4.90 Å². The molecule has 16 heavy (non-hydrogen) atoms. The van der Waals surface area contributed by atoms with Crippen LogP contribution in [0.2, 0.25) is 0 Å². The Bertz CT molecular complexity index is 496. The first-order valence-corrected chi connectivity index (χ1v) is 5.06. The molecular formula is C11H10N4O. The Morgan fingerprint density at radius 1 is 1.25 bits per heavy atom. The Morgan fingerprint density at radius 3 is 2.50 bits per heavy atom. The molecule has 1 aliphatic heterocycles. The summed E-state index contributed by atoms with van der Waals surface area (Å²) in [6.07, 6.45) is 1.34. The van der Waals surface area contributed by atoms with E-state index < -0.39 is 0 Å². The van der Waals surface area contributed by atoms with E-state index in [1.807, 2.05) is 24.3 Å². The van der Waals surface area contributed by atoms with Crippen LogP contribution in [-0.4, -0.2) is 26.0 Å². The van der Waals surface area contributed by atoms with E-state index in [1.54, 1.807) is 4.90 Å². The number of H-pyrrole nitrogens is 1. The molecule has 80 valence electrons. The van der Waals surface area contributed by atoms with E-state index >= 15 is 0 Å². The summed E-state index contributed by atoms with van der Waals surface area (Å²) in [5.74, 6) is 0.196. The largest absolute Gasteiger partial charge is 0.327 e. The van der Waals surface area contributed by atoms with Crippen LogP contribution in [0.3, 0.4) is 0 Å². The first kappa shape index (κ1) is 9.08. The maximum atomic E-state index is 12.0. The van der Waals surface area contributed by atoms with Crippen molar-refractivity contribution in [1.82, 2.24) is 20.1 Å². The Kier molecular flexibility index (Phi) is 1.96. The van der Waals surface area contributed by atoms with Gasteiger partial charge in [0, 0.05) is 13.1 Å². The highest BCUT2D eigenvalue weighted by Crippen LogP contribution is 2.22. The van der Waals surface area contributed by atoms with Gasteiger partial charge in [-0.2, -0.15) is 5.10 Å². The lowest BCUT2D eigenvalue weighted by atomic mass is 10.1. The van der Waals surface area contributed by atoms with Gasteiger partial charge in [0.1, 0.15) is 6.33 Å². The van der Waals surface area contributed by atoms with Gasteiger partial charge in [0.05, 0.1) is 0 Å². The summed E-state index contributed by atoms with van der Waals surface area (Å²) in [4.78, 5) is 17.6. The summed E-state index contributed by atoms with van der Waals surface area (Å²) in [5, 5.41) is 6.27. The zero-order valence-corrected chi connectivity index (χ0v) is 8.55. The zero-order chi connectivity index (χ0) is 11.0. The molecule has 1 N–H and O–H groups in total. The lowest BCUT2D eigenvalue weighted by Crippen LogP contribution is -2.26. The van der Waals surface area contributed by atoms with Gasteiger partial charge in [0.2, 0.25) is 5.82 Å². The van der Waals surface area contributed by atoms with Crippen LogP contribution in [0, 0.1) is 0 Å². The van der Waals surface area contributed by atoms with E-state index in [4.69, 9.17) is 0 Å². The van der Waals surface area contributed by atoms with Crippen LogP contribution in [0.1, 0.15) is 21.7 Å². The maximum Gasteiger partial charge on any atom is 0.291 e. The standard InChI is InChI=1S/C11H10N4O/c16-11(10-12-7-13-14-10)15-5-8-3-1-2-4-9(8)6-15/h1-4,7H,5-6H2,(H,12,13,14). The van der Waals surface area contributed by atoms with Crippen molar-refractivity contribution >= 4 is 5.91 Å². The van der Waals surface area contributed by atoms with Crippen molar-refractivity contribution in [2.45, 2.75) is 13.1 Å². The number of benzene rings is 1. The molecular weight excluding hydrogens is 204 g/mol. The van der Waals surface area contributed by atoms with Gasteiger partial charge in [-0.1, -0.05) is 24.3 Å². The van der Waals surface area contributed by atoms with Gasteiger partial charge >= 0.3 is 0 Å². The first-order chi connectivity index (χ1) is 7.84. The minimum atomic E-state index is -0.103. The number of nitrogens with one attached hydrogen (secondary N) is 1. The number of rotatable bonds is 1. The van der Waals surface area contributed by atoms with E-state index in [2.05, 4.69) is 15.2 Å². The van der Waals surface area contributed by atoms with Crippen molar-refractivity contribution < 1.29 is 4.79 Å². The number of carbonyl (C=O) groups is 1. The molecule has 2 aromatic rings. The summed E-state index contributed by atoms with van der Waals surface area (Å²) in [6, 6.07) is 8.06. The smallest absolute Gasteiger partial charge is 0.291 e. The van der Waals surface area contributed by atoms with Crippen molar-refractivity contribution in [1.29, 1.82) is 0 Å². The summed E-state index contributed by atoms with van der Waals surface area (Å²) < 4.78 is 0. The SMILES string of the molecule is O=C(c1ncn[nH]1)N1Cc2ccccc2C1. The van der Waals surface area contributed by atoms with Gasteiger partial charge in [0.25, 0.3) is 5.91 Å². The van der Waals surface area contributed by atoms with Gasteiger partial charge in [0.15, 0.2) is 0 Å². The highest BCUT2D eigenvalue weighted by Gasteiger charge is 2.25. The number of aromatic nitrogens is 3. The summed E-state index contributed by atoms with van der Waals surface area (Å²) in [5.41, 5.74) is 2.41. The molecule has 0 saturated heterocycles. The fourth-order valence-electron chi connectivity index (χ4n) is 1.94. The van der Waals surface area contributed by atoms with Crippen LogP contribution < -0.4 is 0 Å². The summed E-state index contributed by atoms with van der Waals surface area (Å²) in [7, 11) is 0. The minimum absolute atomic E-state index is 0.103.